The molecule has 4 rings (SSSR count). The molecule has 9 nitrogen and oxygen atoms in total. The van der Waals surface area contributed by atoms with E-state index in [1.165, 1.54) is 6.26 Å². The highest BCUT2D eigenvalue weighted by Crippen LogP contribution is 2.20. The first-order valence-electron chi connectivity index (χ1n) is 10.4. The van der Waals surface area contributed by atoms with Crippen LogP contribution in [0, 0.1) is 0 Å². The normalized spacial score (nSPS) is 14.5. The van der Waals surface area contributed by atoms with Crippen LogP contribution in [-0.2, 0) is 11.3 Å². The summed E-state index contributed by atoms with van der Waals surface area (Å²) < 4.78 is 12.6. The van der Waals surface area contributed by atoms with Gasteiger partial charge in [-0.3, -0.25) is 9.69 Å². The fraction of sp³-hybridized carbons (Fsp3) is 0.364. The van der Waals surface area contributed by atoms with Gasteiger partial charge >= 0.3 is 6.03 Å². The number of ether oxygens (including phenoxy) is 1. The smallest absolute Gasteiger partial charge is 0.319 e. The van der Waals surface area contributed by atoms with Crippen molar-refractivity contribution in [2.45, 2.75) is 6.54 Å². The third-order valence-corrected chi connectivity index (χ3v) is 5.23. The van der Waals surface area contributed by atoms with Gasteiger partial charge in [0.25, 0.3) is 5.91 Å². The number of urea groups is 1. The molecule has 3 amide bonds. The average Bonchev–Trinajstić information content (AvgIpc) is 3.46. The number of carbonyl (C=O) groups is 2. The zero-order chi connectivity index (χ0) is 21.5. The minimum atomic E-state index is -0.321. The van der Waals surface area contributed by atoms with Gasteiger partial charge in [-0.15, -0.1) is 0 Å². The first-order valence-corrected chi connectivity index (χ1v) is 10.4. The monoisotopic (exact) mass is 425 g/mol. The van der Waals surface area contributed by atoms with Crippen molar-refractivity contribution in [2.75, 3.05) is 51.3 Å². The minimum absolute atomic E-state index is 0.245. The molecule has 0 spiro atoms. The van der Waals surface area contributed by atoms with E-state index in [-0.39, 0.29) is 17.7 Å². The molecule has 1 aliphatic heterocycles. The number of carbonyl (C=O) groups excluding carboxylic acids is 2. The second kappa shape index (κ2) is 10.1. The van der Waals surface area contributed by atoms with Crippen LogP contribution in [0.25, 0.3) is 10.9 Å². The zero-order valence-corrected chi connectivity index (χ0v) is 17.3. The summed E-state index contributed by atoms with van der Waals surface area (Å²) in [5, 5.41) is 9.31. The van der Waals surface area contributed by atoms with E-state index in [9.17, 15) is 9.59 Å². The van der Waals surface area contributed by atoms with E-state index >= 15 is 0 Å². The number of hydrogen-bond donors (Lipinski definition) is 3. The second-order valence-electron chi connectivity index (χ2n) is 7.35. The van der Waals surface area contributed by atoms with E-state index in [0.717, 1.165) is 56.0 Å². The summed E-state index contributed by atoms with van der Waals surface area (Å²) in [7, 11) is 0. The maximum absolute atomic E-state index is 12.1. The number of nitrogens with one attached hydrogen (secondary N) is 3. The van der Waals surface area contributed by atoms with Crippen LogP contribution in [0.2, 0.25) is 0 Å². The summed E-state index contributed by atoms with van der Waals surface area (Å²) in [6.45, 7) is 6.09. The average molecular weight is 425 g/mol. The van der Waals surface area contributed by atoms with E-state index < -0.39 is 0 Å². The molecular weight excluding hydrogens is 398 g/mol. The second-order valence-corrected chi connectivity index (χ2v) is 7.35. The van der Waals surface area contributed by atoms with Gasteiger partial charge in [0.1, 0.15) is 0 Å². The lowest BCUT2D eigenvalue weighted by Crippen LogP contribution is -2.38. The van der Waals surface area contributed by atoms with Crippen LogP contribution >= 0.6 is 0 Å². The highest BCUT2D eigenvalue weighted by atomic mass is 16.5. The number of rotatable bonds is 8. The van der Waals surface area contributed by atoms with Gasteiger partial charge in [-0.2, -0.15) is 0 Å². The van der Waals surface area contributed by atoms with Gasteiger partial charge in [0.2, 0.25) is 0 Å². The lowest BCUT2D eigenvalue weighted by molar-refractivity contribution is 0.0365. The molecule has 0 saturated carbocycles. The van der Waals surface area contributed by atoms with Crippen LogP contribution in [0.5, 0.6) is 0 Å². The number of fused-ring (bicyclic) bond motifs is 1. The number of hydrogen-bond acceptors (Lipinski definition) is 5. The van der Waals surface area contributed by atoms with Gasteiger partial charge in [0.05, 0.1) is 19.5 Å². The van der Waals surface area contributed by atoms with Crippen molar-refractivity contribution in [3.63, 3.8) is 0 Å². The van der Waals surface area contributed by atoms with Crippen LogP contribution < -0.4 is 16.0 Å². The third kappa shape index (κ3) is 5.65. The molecule has 0 atom stereocenters. The number of benzene rings is 1. The van der Waals surface area contributed by atoms with E-state index in [0.29, 0.717) is 13.1 Å². The number of furan rings is 1. The van der Waals surface area contributed by atoms with Crippen molar-refractivity contribution < 1.29 is 18.7 Å². The van der Waals surface area contributed by atoms with Gasteiger partial charge in [0.15, 0.2) is 5.76 Å². The van der Waals surface area contributed by atoms with Crippen molar-refractivity contribution >= 4 is 28.5 Å². The lowest BCUT2D eigenvalue weighted by atomic mass is 10.2. The van der Waals surface area contributed by atoms with Crippen molar-refractivity contribution in [1.29, 1.82) is 0 Å². The third-order valence-electron chi connectivity index (χ3n) is 5.23. The Balaban J connectivity index is 1.23. The Labute approximate surface area is 180 Å². The van der Waals surface area contributed by atoms with Crippen molar-refractivity contribution in [3.05, 3.63) is 54.6 Å². The number of anilines is 1. The number of nitrogens with zero attached hydrogens (tertiary/aromatic N) is 2. The number of amides is 3. The molecule has 0 bridgehead atoms. The molecule has 3 N–H and O–H groups in total. The molecule has 2 aromatic heterocycles. The van der Waals surface area contributed by atoms with Gasteiger partial charge in [-0.25, -0.2) is 4.79 Å². The molecule has 31 heavy (non-hydrogen) atoms. The van der Waals surface area contributed by atoms with E-state index in [4.69, 9.17) is 9.15 Å². The Morgan fingerprint density at radius 3 is 2.65 bits per heavy atom. The molecule has 0 unspecified atom stereocenters. The topological polar surface area (TPSA) is 101 Å². The Kier molecular flexibility index (Phi) is 6.85. The molecular formula is C22H27N5O4. The molecule has 1 saturated heterocycles. The largest absolute Gasteiger partial charge is 0.459 e. The first-order chi connectivity index (χ1) is 15.2. The van der Waals surface area contributed by atoms with Crippen LogP contribution in [0.4, 0.5) is 10.5 Å². The Morgan fingerprint density at radius 1 is 1.00 bits per heavy atom. The van der Waals surface area contributed by atoms with Crippen LogP contribution in [-0.4, -0.2) is 67.3 Å². The fourth-order valence-electron chi connectivity index (χ4n) is 3.57. The Morgan fingerprint density at radius 2 is 1.84 bits per heavy atom. The molecule has 1 aliphatic rings. The zero-order valence-electron chi connectivity index (χ0n) is 17.3. The van der Waals surface area contributed by atoms with Crippen LogP contribution in [0.15, 0.2) is 53.3 Å². The maximum atomic E-state index is 12.1. The first kappa shape index (κ1) is 21.0. The molecule has 9 heteroatoms. The van der Waals surface area contributed by atoms with Crippen molar-refractivity contribution in [1.82, 2.24) is 20.1 Å². The number of morpholine rings is 1. The standard InChI is InChI=1S/C22H27N5O4/c28-21(20-2-1-13-31-20)23-6-7-24-22(29)25-18-3-4-19-17(16-18)5-8-27(19)10-9-26-11-14-30-15-12-26/h1-5,8,13,16H,6-7,9-12,14-15H2,(H,23,28)(H2,24,25,29). The van der Waals surface area contributed by atoms with Gasteiger partial charge in [-0.1, -0.05) is 0 Å². The summed E-state index contributed by atoms with van der Waals surface area (Å²) in [5.41, 5.74) is 1.86. The lowest BCUT2D eigenvalue weighted by Gasteiger charge is -2.26. The molecule has 0 aliphatic carbocycles. The predicted octanol–water partition coefficient (Wildman–Crippen LogP) is 2.12. The molecule has 1 fully saturated rings. The van der Waals surface area contributed by atoms with Gasteiger partial charge in [0, 0.05) is 62.1 Å². The molecule has 3 heterocycles. The Bertz CT molecular complexity index is 1010. The summed E-state index contributed by atoms with van der Waals surface area (Å²) in [4.78, 5) is 26.3. The quantitative estimate of drug-likeness (QED) is 0.480. The highest BCUT2D eigenvalue weighted by molar-refractivity contribution is 5.93. The number of aromatic nitrogens is 1. The van der Waals surface area contributed by atoms with Crippen molar-refractivity contribution in [2.24, 2.45) is 0 Å². The summed E-state index contributed by atoms with van der Waals surface area (Å²) >= 11 is 0. The molecule has 3 aromatic rings. The van der Waals surface area contributed by atoms with E-state index in [2.05, 4.69) is 37.7 Å². The minimum Gasteiger partial charge on any atom is -0.459 e. The molecule has 164 valence electrons. The summed E-state index contributed by atoms with van der Waals surface area (Å²) in [5.74, 6) is -0.0644. The van der Waals surface area contributed by atoms with E-state index in [1.54, 1.807) is 12.1 Å². The van der Waals surface area contributed by atoms with E-state index in [1.807, 2.05) is 18.2 Å². The summed E-state index contributed by atoms with van der Waals surface area (Å²) in [6.07, 6.45) is 3.52. The SMILES string of the molecule is O=C(NCCNC(=O)c1ccco1)Nc1ccc2c(ccn2CCN2CCOCC2)c1. The molecule has 1 aromatic carbocycles. The van der Waals surface area contributed by atoms with Crippen LogP contribution in [0.1, 0.15) is 10.6 Å². The van der Waals surface area contributed by atoms with Crippen molar-refractivity contribution in [3.8, 4) is 0 Å². The Hall–Kier alpha value is -3.30. The van der Waals surface area contributed by atoms with Crippen LogP contribution in [0.3, 0.4) is 0 Å². The summed E-state index contributed by atoms with van der Waals surface area (Å²) in [6, 6.07) is 10.8. The highest BCUT2D eigenvalue weighted by Gasteiger charge is 2.11. The predicted molar refractivity (Wildman–Crippen MR) is 117 cm³/mol. The fourth-order valence-corrected chi connectivity index (χ4v) is 3.57. The van der Waals surface area contributed by atoms with Gasteiger partial charge < -0.3 is 29.7 Å². The van der Waals surface area contributed by atoms with Gasteiger partial charge in [-0.05, 0) is 36.4 Å². The molecule has 0 radical (unpaired) electrons. The maximum Gasteiger partial charge on any atom is 0.319 e.